The Morgan fingerprint density at radius 2 is 1.50 bits per heavy atom. The van der Waals surface area contributed by atoms with Crippen molar-refractivity contribution in [1.82, 2.24) is 9.55 Å². The molecule has 1 unspecified atom stereocenters. The lowest BCUT2D eigenvalue weighted by Gasteiger charge is -2.29. The maximum absolute atomic E-state index is 13.9. The maximum atomic E-state index is 13.9. The van der Waals surface area contributed by atoms with Crippen molar-refractivity contribution < 1.29 is 24.1 Å². The van der Waals surface area contributed by atoms with E-state index in [4.69, 9.17) is 5.11 Å². The topological polar surface area (TPSA) is 78.5 Å². The molecular weight excluding hydrogens is 414 g/mol. The van der Waals surface area contributed by atoms with Crippen LogP contribution in [0.25, 0.3) is 11.0 Å². The molecule has 0 bridgehead atoms. The largest absolute Gasteiger partial charge is 0.390 e. The Balaban J connectivity index is 1.96. The Hall–Kier alpha value is -3.13. The second-order valence-corrected chi connectivity index (χ2v) is 7.69. The Kier molecular flexibility index (Phi) is 5.81. The molecule has 0 radical (unpaired) electrons. The fourth-order valence-electron chi connectivity index (χ4n) is 4.02. The van der Waals surface area contributed by atoms with Gasteiger partial charge in [-0.25, -0.2) is 13.8 Å². The number of alkyl halides is 2. The third kappa shape index (κ3) is 3.58. The Morgan fingerprint density at radius 1 is 0.938 bits per heavy atom. The quantitative estimate of drug-likeness (QED) is 0.408. The number of hydrogen-bond donors (Lipinski definition) is 3. The normalized spacial score (nSPS) is 13.4. The number of imidazole rings is 1. The number of rotatable bonds is 7. The van der Waals surface area contributed by atoms with Gasteiger partial charge >= 0.3 is 0 Å². The number of halogens is 2. The average Bonchev–Trinajstić information content (AvgIpc) is 3.22. The second-order valence-electron chi connectivity index (χ2n) is 7.69. The van der Waals surface area contributed by atoms with Gasteiger partial charge in [-0.05, 0) is 35.7 Å². The van der Waals surface area contributed by atoms with Gasteiger partial charge in [0.05, 0.1) is 11.0 Å². The first-order valence-corrected chi connectivity index (χ1v) is 10.3. The van der Waals surface area contributed by atoms with E-state index in [1.165, 1.54) is 18.2 Å². The molecule has 0 saturated heterocycles. The first-order valence-electron chi connectivity index (χ1n) is 10.3. The smallest absolute Gasteiger partial charge is 0.300 e. The molecular formula is C25H24F2N2O3. The van der Waals surface area contributed by atoms with E-state index in [-0.39, 0.29) is 5.56 Å². The summed E-state index contributed by atoms with van der Waals surface area (Å²) in [6, 6.07) is 22.6. The van der Waals surface area contributed by atoms with Crippen LogP contribution in [0.5, 0.6) is 0 Å². The number of aliphatic hydroxyl groups excluding tert-OH is 2. The first-order chi connectivity index (χ1) is 15.3. The summed E-state index contributed by atoms with van der Waals surface area (Å²) in [5.74, 6) is -3.34. The van der Waals surface area contributed by atoms with Crippen molar-refractivity contribution in [2.45, 2.75) is 31.1 Å². The minimum Gasteiger partial charge on any atom is -0.390 e. The molecule has 4 aromatic rings. The van der Waals surface area contributed by atoms with Crippen LogP contribution in [0, 0.1) is 0 Å². The molecule has 0 saturated carbocycles. The molecule has 7 heteroatoms. The molecule has 0 fully saturated rings. The average molecular weight is 438 g/mol. The van der Waals surface area contributed by atoms with Crippen molar-refractivity contribution in [3.63, 3.8) is 0 Å². The molecule has 1 atom stereocenters. The highest BCUT2D eigenvalue weighted by Gasteiger charge is 2.41. The molecule has 1 heterocycles. The molecule has 0 spiro atoms. The zero-order valence-electron chi connectivity index (χ0n) is 17.5. The number of aryl methyl sites for hydroxylation is 1. The van der Waals surface area contributed by atoms with E-state index in [1.54, 1.807) is 4.57 Å². The van der Waals surface area contributed by atoms with Crippen molar-refractivity contribution in [2.75, 3.05) is 6.61 Å². The molecule has 0 aliphatic rings. The van der Waals surface area contributed by atoms with Crippen LogP contribution in [-0.4, -0.2) is 37.4 Å². The Morgan fingerprint density at radius 3 is 2.00 bits per heavy atom. The van der Waals surface area contributed by atoms with Crippen molar-refractivity contribution in [2.24, 2.45) is 0 Å². The summed E-state index contributed by atoms with van der Waals surface area (Å²) in [6.07, 6.45) is -2.16. The van der Waals surface area contributed by atoms with Crippen LogP contribution in [0.1, 0.15) is 35.5 Å². The third-order valence-electron chi connectivity index (χ3n) is 5.72. The lowest BCUT2D eigenvalue weighted by Crippen LogP contribution is -2.32. The molecule has 3 N–H and O–H groups in total. The SMILES string of the molecule is CCn1c(C(O)(c2ccccc2)c2ccccc2)nc2ccc(C(O)C(F)(F)CO)cc21. The van der Waals surface area contributed by atoms with Gasteiger partial charge in [-0.2, -0.15) is 0 Å². The lowest BCUT2D eigenvalue weighted by atomic mass is 9.85. The van der Waals surface area contributed by atoms with Crippen LogP contribution in [0.3, 0.4) is 0 Å². The van der Waals surface area contributed by atoms with Gasteiger partial charge in [-0.1, -0.05) is 66.7 Å². The summed E-state index contributed by atoms with van der Waals surface area (Å²) in [6.45, 7) is 0.808. The van der Waals surface area contributed by atoms with Crippen LogP contribution >= 0.6 is 0 Å². The van der Waals surface area contributed by atoms with E-state index >= 15 is 0 Å². The fourth-order valence-corrected chi connectivity index (χ4v) is 4.02. The molecule has 1 aromatic heterocycles. The second kappa shape index (κ2) is 8.43. The van der Waals surface area contributed by atoms with Gasteiger partial charge < -0.3 is 19.9 Å². The van der Waals surface area contributed by atoms with Crippen molar-refractivity contribution in [1.29, 1.82) is 0 Å². The molecule has 4 rings (SSSR count). The van der Waals surface area contributed by atoms with Crippen LogP contribution in [0.2, 0.25) is 0 Å². The van der Waals surface area contributed by atoms with E-state index < -0.39 is 24.2 Å². The Labute approximate surface area is 184 Å². The summed E-state index contributed by atoms with van der Waals surface area (Å²) in [5, 5.41) is 31.1. The summed E-state index contributed by atoms with van der Waals surface area (Å²) < 4.78 is 29.5. The molecule has 32 heavy (non-hydrogen) atoms. The number of benzene rings is 3. The number of hydrogen-bond acceptors (Lipinski definition) is 4. The maximum Gasteiger partial charge on any atom is 0.300 e. The molecule has 5 nitrogen and oxygen atoms in total. The van der Waals surface area contributed by atoms with Crippen LogP contribution in [0.4, 0.5) is 8.78 Å². The van der Waals surface area contributed by atoms with E-state index in [9.17, 15) is 19.0 Å². The number of aromatic nitrogens is 2. The van der Waals surface area contributed by atoms with Gasteiger partial charge in [0.2, 0.25) is 0 Å². The highest BCUT2D eigenvalue weighted by molar-refractivity contribution is 5.78. The van der Waals surface area contributed by atoms with E-state index in [0.29, 0.717) is 34.5 Å². The Bertz CT molecular complexity index is 1170. The van der Waals surface area contributed by atoms with Gasteiger partial charge in [0.15, 0.2) is 11.4 Å². The predicted octanol–water partition coefficient (Wildman–Crippen LogP) is 4.00. The zero-order valence-corrected chi connectivity index (χ0v) is 17.5. The standard InChI is InChI=1S/C25H24F2N2O3/c1-2-29-21-15-17(22(31)24(26,27)16-30)13-14-20(21)28-23(29)25(32,18-9-5-3-6-10-18)19-11-7-4-8-12-19/h3-15,22,30-32H,2,16H2,1H3. The summed E-state index contributed by atoms with van der Waals surface area (Å²) >= 11 is 0. The minimum absolute atomic E-state index is 0.0411. The van der Waals surface area contributed by atoms with E-state index in [1.807, 2.05) is 67.6 Å². The monoisotopic (exact) mass is 438 g/mol. The van der Waals surface area contributed by atoms with Gasteiger partial charge in [0.1, 0.15) is 12.7 Å². The third-order valence-corrected chi connectivity index (χ3v) is 5.72. The molecule has 0 aliphatic heterocycles. The zero-order chi connectivity index (χ0) is 22.9. The number of aliphatic hydroxyl groups is 3. The highest BCUT2D eigenvalue weighted by Crippen LogP contribution is 2.39. The predicted molar refractivity (Wildman–Crippen MR) is 117 cm³/mol. The van der Waals surface area contributed by atoms with Gasteiger partial charge in [-0.3, -0.25) is 0 Å². The van der Waals surface area contributed by atoms with Crippen molar-refractivity contribution in [3.05, 3.63) is 101 Å². The van der Waals surface area contributed by atoms with Crippen LogP contribution in [0.15, 0.2) is 78.9 Å². The summed E-state index contributed by atoms with van der Waals surface area (Å²) in [5.41, 5.74) is 0.589. The van der Waals surface area contributed by atoms with Gasteiger partial charge in [-0.15, -0.1) is 0 Å². The number of fused-ring (bicyclic) bond motifs is 1. The highest BCUT2D eigenvalue weighted by atomic mass is 19.3. The lowest BCUT2D eigenvalue weighted by molar-refractivity contribution is -0.138. The molecule has 0 amide bonds. The molecule has 3 aromatic carbocycles. The minimum atomic E-state index is -3.68. The van der Waals surface area contributed by atoms with Gasteiger partial charge in [0, 0.05) is 6.54 Å². The van der Waals surface area contributed by atoms with E-state index in [2.05, 4.69) is 4.98 Å². The molecule has 0 aliphatic carbocycles. The summed E-state index contributed by atoms with van der Waals surface area (Å²) in [7, 11) is 0. The van der Waals surface area contributed by atoms with Crippen molar-refractivity contribution >= 4 is 11.0 Å². The van der Waals surface area contributed by atoms with Gasteiger partial charge in [0.25, 0.3) is 5.92 Å². The van der Waals surface area contributed by atoms with Crippen molar-refractivity contribution in [3.8, 4) is 0 Å². The first kappa shape index (κ1) is 22.1. The summed E-state index contributed by atoms with van der Waals surface area (Å²) in [4.78, 5) is 4.69. The van der Waals surface area contributed by atoms with Crippen LogP contribution < -0.4 is 0 Å². The van der Waals surface area contributed by atoms with E-state index in [0.717, 1.165) is 0 Å². The number of nitrogens with zero attached hydrogens (tertiary/aromatic N) is 2. The molecule has 166 valence electrons. The fraction of sp³-hybridized carbons (Fsp3) is 0.240. The van der Waals surface area contributed by atoms with Crippen LogP contribution in [-0.2, 0) is 12.1 Å².